The Morgan fingerprint density at radius 3 is 2.88 bits per heavy atom. The molecule has 2 N–H and O–H groups in total. The number of nitrogens with one attached hydrogen (secondary N) is 1. The SMILES string of the molecule is Cc1ccc(CN2CCNCC(O)C2)cc1. The van der Waals surface area contributed by atoms with Crippen LogP contribution in [0.3, 0.4) is 0 Å². The average Bonchev–Trinajstić information content (AvgIpc) is 2.46. The van der Waals surface area contributed by atoms with Crippen LogP contribution in [-0.2, 0) is 6.54 Å². The molecule has 0 amide bonds. The molecule has 1 heterocycles. The van der Waals surface area contributed by atoms with Crippen molar-refractivity contribution >= 4 is 0 Å². The molecule has 1 aliphatic heterocycles. The molecule has 1 atom stereocenters. The zero-order valence-electron chi connectivity index (χ0n) is 9.82. The summed E-state index contributed by atoms with van der Waals surface area (Å²) in [5.41, 5.74) is 2.61. The van der Waals surface area contributed by atoms with Gasteiger partial charge in [-0.2, -0.15) is 0 Å². The molecule has 1 aliphatic rings. The van der Waals surface area contributed by atoms with Crippen molar-refractivity contribution in [3.63, 3.8) is 0 Å². The fourth-order valence-corrected chi connectivity index (χ4v) is 2.06. The Kier molecular flexibility index (Phi) is 3.93. The van der Waals surface area contributed by atoms with Crippen LogP contribution >= 0.6 is 0 Å². The van der Waals surface area contributed by atoms with Crippen molar-refractivity contribution in [1.29, 1.82) is 0 Å². The summed E-state index contributed by atoms with van der Waals surface area (Å²) in [5.74, 6) is 0. The summed E-state index contributed by atoms with van der Waals surface area (Å²) in [4.78, 5) is 2.30. The predicted molar refractivity (Wildman–Crippen MR) is 65.3 cm³/mol. The van der Waals surface area contributed by atoms with E-state index in [9.17, 15) is 5.11 Å². The molecular formula is C13H20N2O. The average molecular weight is 220 g/mol. The number of benzene rings is 1. The van der Waals surface area contributed by atoms with Crippen molar-refractivity contribution in [2.45, 2.75) is 19.6 Å². The molecule has 1 saturated heterocycles. The molecule has 88 valence electrons. The molecule has 0 aromatic heterocycles. The summed E-state index contributed by atoms with van der Waals surface area (Å²) in [7, 11) is 0. The monoisotopic (exact) mass is 220 g/mol. The minimum atomic E-state index is -0.243. The smallest absolute Gasteiger partial charge is 0.0791 e. The fraction of sp³-hybridized carbons (Fsp3) is 0.538. The molecule has 1 fully saturated rings. The lowest BCUT2D eigenvalue weighted by molar-refractivity contribution is 0.127. The van der Waals surface area contributed by atoms with E-state index in [1.165, 1.54) is 11.1 Å². The first-order chi connectivity index (χ1) is 7.74. The number of aliphatic hydroxyl groups excluding tert-OH is 1. The molecule has 3 heteroatoms. The highest BCUT2D eigenvalue weighted by molar-refractivity contribution is 5.21. The van der Waals surface area contributed by atoms with Gasteiger partial charge in [-0.15, -0.1) is 0 Å². The van der Waals surface area contributed by atoms with Crippen LogP contribution in [-0.4, -0.2) is 42.3 Å². The van der Waals surface area contributed by atoms with Crippen molar-refractivity contribution in [2.75, 3.05) is 26.2 Å². The Hall–Kier alpha value is -0.900. The third-order valence-corrected chi connectivity index (χ3v) is 2.98. The first kappa shape index (κ1) is 11.6. The third-order valence-electron chi connectivity index (χ3n) is 2.98. The summed E-state index contributed by atoms with van der Waals surface area (Å²) in [6.45, 7) is 6.47. The number of nitrogens with zero attached hydrogens (tertiary/aromatic N) is 1. The molecule has 0 bridgehead atoms. The second-order valence-electron chi connectivity index (χ2n) is 4.58. The van der Waals surface area contributed by atoms with Crippen LogP contribution < -0.4 is 5.32 Å². The normalized spacial score (nSPS) is 23.0. The van der Waals surface area contributed by atoms with Gasteiger partial charge in [0.15, 0.2) is 0 Å². The van der Waals surface area contributed by atoms with Gasteiger partial charge in [0.05, 0.1) is 6.10 Å². The second kappa shape index (κ2) is 5.43. The van der Waals surface area contributed by atoms with Crippen molar-refractivity contribution in [1.82, 2.24) is 10.2 Å². The maximum Gasteiger partial charge on any atom is 0.0791 e. The molecule has 1 unspecified atom stereocenters. The Morgan fingerprint density at radius 1 is 1.38 bits per heavy atom. The Morgan fingerprint density at radius 2 is 2.12 bits per heavy atom. The van der Waals surface area contributed by atoms with Gasteiger partial charge in [0.25, 0.3) is 0 Å². The summed E-state index contributed by atoms with van der Waals surface area (Å²) >= 11 is 0. The van der Waals surface area contributed by atoms with Gasteiger partial charge in [-0.25, -0.2) is 0 Å². The van der Waals surface area contributed by atoms with Crippen molar-refractivity contribution < 1.29 is 5.11 Å². The molecule has 16 heavy (non-hydrogen) atoms. The minimum absolute atomic E-state index is 0.243. The predicted octanol–water partition coefficient (Wildman–Crippen LogP) is 0.761. The zero-order valence-corrected chi connectivity index (χ0v) is 9.82. The molecule has 0 aliphatic carbocycles. The van der Waals surface area contributed by atoms with Crippen LogP contribution in [0.1, 0.15) is 11.1 Å². The van der Waals surface area contributed by atoms with E-state index in [1.54, 1.807) is 0 Å². The number of rotatable bonds is 2. The molecule has 1 aromatic carbocycles. The lowest BCUT2D eigenvalue weighted by Gasteiger charge is -2.21. The van der Waals surface area contributed by atoms with Crippen molar-refractivity contribution in [3.8, 4) is 0 Å². The van der Waals surface area contributed by atoms with E-state index in [1.807, 2.05) is 0 Å². The summed E-state index contributed by atoms with van der Waals surface area (Å²) in [6, 6.07) is 8.61. The van der Waals surface area contributed by atoms with Gasteiger partial charge in [0.1, 0.15) is 0 Å². The van der Waals surface area contributed by atoms with E-state index < -0.39 is 0 Å². The standard InChI is InChI=1S/C13H20N2O/c1-11-2-4-12(5-3-11)9-15-7-6-14-8-13(16)10-15/h2-5,13-14,16H,6-10H2,1H3. The van der Waals surface area contributed by atoms with Gasteiger partial charge < -0.3 is 10.4 Å². The topological polar surface area (TPSA) is 35.5 Å². The molecular weight excluding hydrogens is 200 g/mol. The first-order valence-corrected chi connectivity index (χ1v) is 5.91. The quantitative estimate of drug-likeness (QED) is 0.772. The van der Waals surface area contributed by atoms with Crippen LogP contribution in [0.5, 0.6) is 0 Å². The van der Waals surface area contributed by atoms with Gasteiger partial charge in [0.2, 0.25) is 0 Å². The number of aliphatic hydroxyl groups is 1. The van der Waals surface area contributed by atoms with Crippen LogP contribution in [0.15, 0.2) is 24.3 Å². The highest BCUT2D eigenvalue weighted by atomic mass is 16.3. The van der Waals surface area contributed by atoms with E-state index in [2.05, 4.69) is 41.4 Å². The van der Waals surface area contributed by atoms with Crippen LogP contribution in [0.4, 0.5) is 0 Å². The number of aryl methyl sites for hydroxylation is 1. The minimum Gasteiger partial charge on any atom is -0.390 e. The van der Waals surface area contributed by atoms with Crippen LogP contribution in [0.25, 0.3) is 0 Å². The van der Waals surface area contributed by atoms with Gasteiger partial charge in [-0.1, -0.05) is 29.8 Å². The fourth-order valence-electron chi connectivity index (χ4n) is 2.06. The number of hydrogen-bond acceptors (Lipinski definition) is 3. The van der Waals surface area contributed by atoms with Gasteiger partial charge in [0, 0.05) is 32.7 Å². The maximum atomic E-state index is 9.68. The van der Waals surface area contributed by atoms with Crippen molar-refractivity contribution in [2.24, 2.45) is 0 Å². The van der Waals surface area contributed by atoms with E-state index >= 15 is 0 Å². The molecule has 1 aromatic rings. The maximum absolute atomic E-state index is 9.68. The van der Waals surface area contributed by atoms with E-state index in [4.69, 9.17) is 0 Å². The zero-order chi connectivity index (χ0) is 11.4. The van der Waals surface area contributed by atoms with Crippen LogP contribution in [0.2, 0.25) is 0 Å². The summed E-state index contributed by atoms with van der Waals surface area (Å²) < 4.78 is 0. The molecule has 2 rings (SSSR count). The van der Waals surface area contributed by atoms with Gasteiger partial charge >= 0.3 is 0 Å². The molecule has 0 saturated carbocycles. The largest absolute Gasteiger partial charge is 0.390 e. The highest BCUT2D eigenvalue weighted by Crippen LogP contribution is 2.08. The number of β-amino-alcohol motifs (C(OH)–C–C–N with tert-alkyl or cyclic N) is 1. The Labute approximate surface area is 97.1 Å². The second-order valence-corrected chi connectivity index (χ2v) is 4.58. The first-order valence-electron chi connectivity index (χ1n) is 5.91. The molecule has 0 radical (unpaired) electrons. The molecule has 0 spiro atoms. The highest BCUT2D eigenvalue weighted by Gasteiger charge is 2.15. The third kappa shape index (κ3) is 3.30. The summed E-state index contributed by atoms with van der Waals surface area (Å²) in [6.07, 6.45) is -0.243. The van der Waals surface area contributed by atoms with E-state index in [0.717, 1.165) is 26.2 Å². The number of hydrogen-bond donors (Lipinski definition) is 2. The van der Waals surface area contributed by atoms with Gasteiger partial charge in [-0.05, 0) is 12.5 Å². The summed E-state index contributed by atoms with van der Waals surface area (Å²) in [5, 5.41) is 12.9. The lowest BCUT2D eigenvalue weighted by Crippen LogP contribution is -2.32. The Balaban J connectivity index is 1.95. The van der Waals surface area contributed by atoms with Gasteiger partial charge in [-0.3, -0.25) is 4.90 Å². The molecule has 3 nitrogen and oxygen atoms in total. The Bertz CT molecular complexity index is 323. The van der Waals surface area contributed by atoms with Crippen LogP contribution in [0, 0.1) is 6.92 Å². The lowest BCUT2D eigenvalue weighted by atomic mass is 10.1. The van der Waals surface area contributed by atoms with E-state index in [0.29, 0.717) is 6.54 Å². The van der Waals surface area contributed by atoms with E-state index in [-0.39, 0.29) is 6.10 Å². The van der Waals surface area contributed by atoms with Crippen molar-refractivity contribution in [3.05, 3.63) is 35.4 Å².